The number of nitrogens with zero attached hydrogens (tertiary/aromatic N) is 1. The fourth-order valence-electron chi connectivity index (χ4n) is 6.97. The molecule has 0 spiro atoms. The van der Waals surface area contributed by atoms with Gasteiger partial charge in [-0.15, -0.1) is 12.7 Å². The fourth-order valence-corrected chi connectivity index (χ4v) is 10.9. The summed E-state index contributed by atoms with van der Waals surface area (Å²) >= 11 is 0. The van der Waals surface area contributed by atoms with Crippen molar-refractivity contribution in [1.82, 2.24) is 0 Å². The molecular weight excluding hydrogens is 744 g/mol. The van der Waals surface area contributed by atoms with Crippen LogP contribution < -0.4 is 14.8 Å². The molecule has 2 aliphatic rings. The summed E-state index contributed by atoms with van der Waals surface area (Å²) in [6, 6.07) is 33.8. The summed E-state index contributed by atoms with van der Waals surface area (Å²) in [4.78, 5) is 0. The van der Waals surface area contributed by atoms with Crippen molar-refractivity contribution in [2.75, 3.05) is 27.5 Å². The molecule has 0 bridgehead atoms. The molecule has 0 amide bonds. The van der Waals surface area contributed by atoms with Crippen molar-refractivity contribution >= 4 is 29.0 Å². The molecule has 0 saturated heterocycles. The molecule has 0 aliphatic heterocycles. The summed E-state index contributed by atoms with van der Waals surface area (Å²) in [6.07, 6.45) is 14.9. The van der Waals surface area contributed by atoms with Gasteiger partial charge in [-0.25, -0.2) is 0 Å². The van der Waals surface area contributed by atoms with Gasteiger partial charge >= 0.3 is 0 Å². The van der Waals surface area contributed by atoms with Gasteiger partial charge in [-0.3, -0.25) is 4.55 Å². The molecule has 2 saturated carbocycles. The summed E-state index contributed by atoms with van der Waals surface area (Å²) in [5.41, 5.74) is 7.67. The number of hydrogen-bond donors (Lipinski definition) is 1. The van der Waals surface area contributed by atoms with E-state index in [0.717, 1.165) is 34.1 Å². The number of benzene rings is 4. The summed E-state index contributed by atoms with van der Waals surface area (Å²) in [7, 11) is 1.51. The smallest absolute Gasteiger partial charge is 0.261 e. The van der Waals surface area contributed by atoms with Crippen molar-refractivity contribution in [2.45, 2.75) is 75.5 Å². The second kappa shape index (κ2) is 20.8. The number of hydrogen-bond acceptors (Lipinski definition) is 4. The molecule has 4 aromatic carbocycles. The number of methoxy groups -OCH3 is 2. The Morgan fingerprint density at radius 1 is 0.653 bits per heavy atom. The van der Waals surface area contributed by atoms with Crippen LogP contribution >= 0.6 is 7.92 Å². The van der Waals surface area contributed by atoms with Gasteiger partial charge in [-0.2, -0.15) is 8.42 Å². The summed E-state index contributed by atoms with van der Waals surface area (Å²) in [5.74, 6) is 1.83. The number of rotatable bonds is 8. The first kappa shape index (κ1) is 40.7. The van der Waals surface area contributed by atoms with E-state index in [1.54, 1.807) is 19.5 Å². The van der Waals surface area contributed by atoms with Crippen LogP contribution in [-0.2, 0) is 30.5 Å². The maximum absolute atomic E-state index is 9.19. The Bertz CT molecular complexity index is 1610. The zero-order chi connectivity index (χ0) is 34.4. The topological polar surface area (TPSA) is 86.9 Å². The van der Waals surface area contributed by atoms with E-state index in [2.05, 4.69) is 59.9 Å². The molecule has 0 atom stereocenters. The largest absolute Gasteiger partial charge is 0.686 e. The first-order valence-electron chi connectivity index (χ1n) is 17.0. The Morgan fingerprint density at radius 2 is 1.10 bits per heavy atom. The van der Waals surface area contributed by atoms with E-state index in [4.69, 9.17) is 14.0 Å². The van der Waals surface area contributed by atoms with Crippen LogP contribution in [0, 0.1) is 0 Å². The van der Waals surface area contributed by atoms with Crippen LogP contribution in [0.1, 0.15) is 64.2 Å². The molecule has 0 aromatic heterocycles. The van der Waals surface area contributed by atoms with Crippen LogP contribution in [0.15, 0.2) is 97.1 Å². The van der Waals surface area contributed by atoms with Gasteiger partial charge in [0.05, 0.1) is 26.0 Å². The van der Waals surface area contributed by atoms with Crippen LogP contribution in [-0.4, -0.2) is 51.8 Å². The van der Waals surface area contributed by atoms with Gasteiger partial charge in [0.2, 0.25) is 0 Å². The van der Waals surface area contributed by atoms with Gasteiger partial charge in [0.25, 0.3) is 10.1 Å². The molecule has 49 heavy (non-hydrogen) atoms. The Kier molecular flexibility index (Phi) is 17.3. The average Bonchev–Trinajstić information content (AvgIpc) is 3.12. The standard InChI is InChI=1S/C26H35O2P.C13H12N.CH4O3S.Pd/c1-27-23-17-11-18-24(28-2)26(23)22-16-9-10-19-25(22)29(20-12-5-3-6-13-20)21-14-7-4-8-15-21;1-14-13-10-6-5-9-12(13)11-7-3-2-4-8-11;1-5(2,3)4;/h9-11,16-21H,3-8,12-15H2,1-2H3;2-10H,1H3;1H3,(H,2,3,4);/q;-1;;. The molecule has 6 nitrogen and oxygen atoms in total. The van der Waals surface area contributed by atoms with E-state index in [1.165, 1.54) is 80.9 Å². The second-order valence-corrected chi connectivity index (χ2v) is 16.6. The fraction of sp³-hybridized carbons (Fsp3) is 0.400. The van der Waals surface area contributed by atoms with Gasteiger partial charge in [-0.1, -0.05) is 131 Å². The minimum atomic E-state index is -3.67. The Labute approximate surface area is 309 Å². The predicted molar refractivity (Wildman–Crippen MR) is 204 cm³/mol. The van der Waals surface area contributed by atoms with Gasteiger partial charge in [0.1, 0.15) is 11.5 Å². The molecule has 268 valence electrons. The maximum Gasteiger partial charge on any atom is 0.261 e. The zero-order valence-electron chi connectivity index (χ0n) is 29.2. The Hall–Kier alpha value is -2.72. The van der Waals surface area contributed by atoms with Crippen LogP contribution in [0.25, 0.3) is 27.6 Å². The monoisotopic (exact) mass is 794 g/mol. The molecule has 0 heterocycles. The van der Waals surface area contributed by atoms with Crippen LogP contribution in [0.4, 0.5) is 5.69 Å². The van der Waals surface area contributed by atoms with E-state index >= 15 is 0 Å². The van der Waals surface area contributed by atoms with Gasteiger partial charge in [-0.05, 0) is 71.1 Å². The van der Waals surface area contributed by atoms with Crippen LogP contribution in [0.2, 0.25) is 0 Å². The summed E-state index contributed by atoms with van der Waals surface area (Å²) < 4.78 is 37.5. The van der Waals surface area contributed by atoms with E-state index < -0.39 is 10.1 Å². The molecule has 4 aromatic rings. The van der Waals surface area contributed by atoms with Crippen molar-refractivity contribution in [1.29, 1.82) is 0 Å². The number of para-hydroxylation sites is 1. The summed E-state index contributed by atoms with van der Waals surface area (Å²) in [5, 5.41) is 5.83. The minimum Gasteiger partial charge on any atom is -0.686 e. The molecule has 1 N–H and O–H groups in total. The normalized spacial score (nSPS) is 15.1. The maximum atomic E-state index is 9.19. The van der Waals surface area contributed by atoms with Gasteiger partial charge in [0, 0.05) is 20.4 Å². The van der Waals surface area contributed by atoms with E-state index in [-0.39, 0.29) is 28.3 Å². The quantitative estimate of drug-likeness (QED) is 0.109. The molecule has 9 heteroatoms. The van der Waals surface area contributed by atoms with Gasteiger partial charge < -0.3 is 14.8 Å². The van der Waals surface area contributed by atoms with Crippen molar-refractivity contribution in [3.63, 3.8) is 0 Å². The van der Waals surface area contributed by atoms with Crippen molar-refractivity contribution in [2.24, 2.45) is 0 Å². The molecule has 0 radical (unpaired) electrons. The molecule has 2 aliphatic carbocycles. The Balaban J connectivity index is 0.000000270. The van der Waals surface area contributed by atoms with Crippen LogP contribution in [0.5, 0.6) is 11.5 Å². The predicted octanol–water partition coefficient (Wildman–Crippen LogP) is 10.6. The molecule has 0 unspecified atom stereocenters. The van der Waals surface area contributed by atoms with Crippen molar-refractivity contribution in [3.8, 4) is 33.8 Å². The molecule has 2 fully saturated rings. The van der Waals surface area contributed by atoms with Crippen molar-refractivity contribution in [3.05, 3.63) is 102 Å². The van der Waals surface area contributed by atoms with E-state index in [1.807, 2.05) is 49.5 Å². The second-order valence-electron chi connectivity index (χ2n) is 12.4. The molecular formula is C40H51NO5PPdS-. The third kappa shape index (κ3) is 12.2. The van der Waals surface area contributed by atoms with E-state index in [9.17, 15) is 8.42 Å². The first-order chi connectivity index (χ1) is 23.2. The minimum absolute atomic E-state index is 0. The first-order valence-corrected chi connectivity index (χ1v) is 20.3. The Morgan fingerprint density at radius 3 is 1.59 bits per heavy atom. The van der Waals surface area contributed by atoms with Crippen molar-refractivity contribution < 1.29 is 42.9 Å². The van der Waals surface area contributed by atoms with E-state index in [0.29, 0.717) is 6.26 Å². The summed E-state index contributed by atoms with van der Waals surface area (Å²) in [6.45, 7) is 0. The third-order valence-electron chi connectivity index (χ3n) is 9.05. The zero-order valence-corrected chi connectivity index (χ0v) is 32.4. The van der Waals surface area contributed by atoms with Crippen LogP contribution in [0.3, 0.4) is 0 Å². The molecule has 6 rings (SSSR count). The van der Waals surface area contributed by atoms with Gasteiger partial charge in [0.15, 0.2) is 0 Å². The average molecular weight is 795 g/mol. The SMILES string of the molecule is COc1cccc(OC)c1-c1ccccc1P(C1CCCCC1)C1CCCCC1.CS(=O)(=O)O.C[N-]c1ccccc1-c1ccccc1.[Pd]. The third-order valence-corrected chi connectivity index (χ3v) is 12.6. The number of ether oxygens (including phenoxy) is 2.